The van der Waals surface area contributed by atoms with Crippen LogP contribution in [0, 0.1) is 0 Å². The molecule has 0 aliphatic rings. The fourth-order valence-electron chi connectivity index (χ4n) is 2.09. The molecule has 3 heteroatoms. The van der Waals surface area contributed by atoms with Crippen molar-refractivity contribution in [2.45, 2.75) is 18.9 Å². The third-order valence-electron chi connectivity index (χ3n) is 3.03. The van der Waals surface area contributed by atoms with Gasteiger partial charge in [-0.15, -0.1) is 0 Å². The van der Waals surface area contributed by atoms with Crippen molar-refractivity contribution in [3.8, 4) is 5.75 Å². The Bertz CT molecular complexity index is 523. The number of hydrogen-bond donors (Lipinski definition) is 1. The second-order valence-corrected chi connectivity index (χ2v) is 4.94. The van der Waals surface area contributed by atoms with Gasteiger partial charge in [0, 0.05) is 11.4 Å². The highest BCUT2D eigenvalue weighted by atomic mass is 35.5. The fraction of sp³-hybridized carbons (Fsp3) is 0.250. The summed E-state index contributed by atoms with van der Waals surface area (Å²) in [7, 11) is 1.64. The van der Waals surface area contributed by atoms with Gasteiger partial charge in [0.15, 0.2) is 0 Å². The summed E-state index contributed by atoms with van der Waals surface area (Å²) in [5.74, 6) is 0.817. The van der Waals surface area contributed by atoms with Crippen LogP contribution in [0.15, 0.2) is 48.5 Å². The number of hydrogen-bond acceptors (Lipinski definition) is 2. The molecule has 100 valence electrons. The SMILES string of the molecule is COc1ccccc1CC(O)Cc1ccc(Cl)cc1. The number of methoxy groups -OCH3 is 1. The second-order valence-electron chi connectivity index (χ2n) is 4.50. The van der Waals surface area contributed by atoms with Crippen molar-refractivity contribution < 1.29 is 9.84 Å². The Kier molecular flexibility index (Phi) is 4.83. The van der Waals surface area contributed by atoms with Crippen LogP contribution in [0.4, 0.5) is 0 Å². The van der Waals surface area contributed by atoms with Crippen LogP contribution in [0.1, 0.15) is 11.1 Å². The lowest BCUT2D eigenvalue weighted by molar-refractivity contribution is 0.174. The summed E-state index contributed by atoms with van der Waals surface area (Å²) in [6, 6.07) is 15.3. The molecule has 2 rings (SSSR count). The number of rotatable bonds is 5. The van der Waals surface area contributed by atoms with Crippen LogP contribution in [0.2, 0.25) is 5.02 Å². The molecular formula is C16H17ClO2. The zero-order valence-corrected chi connectivity index (χ0v) is 11.6. The molecule has 0 radical (unpaired) electrons. The van der Waals surface area contributed by atoms with Crippen molar-refractivity contribution in [3.05, 3.63) is 64.7 Å². The average molecular weight is 277 g/mol. The quantitative estimate of drug-likeness (QED) is 0.906. The van der Waals surface area contributed by atoms with Gasteiger partial charge >= 0.3 is 0 Å². The summed E-state index contributed by atoms with van der Waals surface area (Å²) < 4.78 is 5.28. The smallest absolute Gasteiger partial charge is 0.122 e. The molecule has 0 spiro atoms. The standard InChI is InChI=1S/C16H17ClO2/c1-19-16-5-3-2-4-13(16)11-15(18)10-12-6-8-14(17)9-7-12/h2-9,15,18H,10-11H2,1H3. The number of aliphatic hydroxyl groups is 1. The van der Waals surface area contributed by atoms with E-state index in [-0.39, 0.29) is 0 Å². The van der Waals surface area contributed by atoms with Crippen LogP contribution in [0.5, 0.6) is 5.75 Å². The van der Waals surface area contributed by atoms with Crippen LogP contribution < -0.4 is 4.74 Å². The normalized spacial score (nSPS) is 12.2. The maximum atomic E-state index is 10.2. The van der Waals surface area contributed by atoms with E-state index in [0.29, 0.717) is 17.9 Å². The highest BCUT2D eigenvalue weighted by Gasteiger charge is 2.10. The first kappa shape index (κ1) is 13.9. The molecule has 1 N–H and O–H groups in total. The first-order chi connectivity index (χ1) is 9.19. The molecule has 0 saturated heterocycles. The topological polar surface area (TPSA) is 29.5 Å². The predicted molar refractivity (Wildman–Crippen MR) is 77.9 cm³/mol. The van der Waals surface area contributed by atoms with Crippen molar-refractivity contribution in [2.75, 3.05) is 7.11 Å². The van der Waals surface area contributed by atoms with Gasteiger partial charge in [-0.1, -0.05) is 41.9 Å². The largest absolute Gasteiger partial charge is 0.496 e. The van der Waals surface area contributed by atoms with E-state index in [0.717, 1.165) is 16.9 Å². The second kappa shape index (κ2) is 6.60. The van der Waals surface area contributed by atoms with Gasteiger partial charge in [-0.3, -0.25) is 0 Å². The molecule has 19 heavy (non-hydrogen) atoms. The van der Waals surface area contributed by atoms with E-state index in [1.807, 2.05) is 48.5 Å². The third kappa shape index (κ3) is 3.98. The highest BCUT2D eigenvalue weighted by Crippen LogP contribution is 2.20. The third-order valence-corrected chi connectivity index (χ3v) is 3.28. The molecule has 0 aromatic heterocycles. The van der Waals surface area contributed by atoms with Crippen LogP contribution in [-0.4, -0.2) is 18.3 Å². The summed E-state index contributed by atoms with van der Waals surface area (Å²) in [6.07, 6.45) is 0.750. The number of halogens is 1. The predicted octanol–water partition coefficient (Wildman–Crippen LogP) is 3.49. The van der Waals surface area contributed by atoms with Crippen molar-refractivity contribution in [3.63, 3.8) is 0 Å². The minimum atomic E-state index is -0.433. The minimum Gasteiger partial charge on any atom is -0.496 e. The molecule has 1 atom stereocenters. The summed E-state index contributed by atoms with van der Waals surface area (Å²) in [6.45, 7) is 0. The Hall–Kier alpha value is -1.51. The lowest BCUT2D eigenvalue weighted by Gasteiger charge is -2.13. The van der Waals surface area contributed by atoms with E-state index < -0.39 is 6.10 Å². The Morgan fingerprint density at radius 3 is 2.42 bits per heavy atom. The van der Waals surface area contributed by atoms with E-state index in [9.17, 15) is 5.11 Å². The molecule has 2 aromatic rings. The molecule has 0 saturated carbocycles. The summed E-state index contributed by atoms with van der Waals surface area (Å²) in [5, 5.41) is 10.9. The lowest BCUT2D eigenvalue weighted by Crippen LogP contribution is -2.14. The molecule has 0 heterocycles. The molecule has 0 aliphatic carbocycles. The van der Waals surface area contributed by atoms with E-state index in [1.54, 1.807) is 7.11 Å². The van der Waals surface area contributed by atoms with E-state index in [2.05, 4.69) is 0 Å². The molecule has 0 amide bonds. The Balaban J connectivity index is 2.01. The summed E-state index contributed by atoms with van der Waals surface area (Å²) >= 11 is 5.84. The van der Waals surface area contributed by atoms with Crippen molar-refractivity contribution in [2.24, 2.45) is 0 Å². The average Bonchev–Trinajstić information content (AvgIpc) is 2.42. The number of benzene rings is 2. The lowest BCUT2D eigenvalue weighted by atomic mass is 10.0. The molecule has 2 aromatic carbocycles. The molecule has 2 nitrogen and oxygen atoms in total. The van der Waals surface area contributed by atoms with Crippen LogP contribution >= 0.6 is 11.6 Å². The zero-order valence-electron chi connectivity index (χ0n) is 10.8. The molecule has 1 unspecified atom stereocenters. The Morgan fingerprint density at radius 2 is 1.74 bits per heavy atom. The van der Waals surface area contributed by atoms with Crippen molar-refractivity contribution in [1.29, 1.82) is 0 Å². The van der Waals surface area contributed by atoms with Gasteiger partial charge in [0.25, 0.3) is 0 Å². The first-order valence-electron chi connectivity index (χ1n) is 6.23. The van der Waals surface area contributed by atoms with Crippen molar-refractivity contribution in [1.82, 2.24) is 0 Å². The number of ether oxygens (including phenoxy) is 1. The minimum absolute atomic E-state index is 0.433. The van der Waals surface area contributed by atoms with E-state index in [1.165, 1.54) is 0 Å². The van der Waals surface area contributed by atoms with Gasteiger partial charge in [-0.05, 0) is 35.7 Å². The van der Waals surface area contributed by atoms with Gasteiger partial charge in [-0.25, -0.2) is 0 Å². The van der Waals surface area contributed by atoms with E-state index in [4.69, 9.17) is 16.3 Å². The highest BCUT2D eigenvalue weighted by molar-refractivity contribution is 6.30. The van der Waals surface area contributed by atoms with Gasteiger partial charge in [0.05, 0.1) is 13.2 Å². The summed E-state index contributed by atoms with van der Waals surface area (Å²) in [5.41, 5.74) is 2.10. The van der Waals surface area contributed by atoms with Gasteiger partial charge in [0.1, 0.15) is 5.75 Å². The Morgan fingerprint density at radius 1 is 1.05 bits per heavy atom. The number of para-hydroxylation sites is 1. The monoisotopic (exact) mass is 276 g/mol. The molecular weight excluding hydrogens is 260 g/mol. The van der Waals surface area contributed by atoms with Gasteiger partial charge in [0.2, 0.25) is 0 Å². The Labute approximate surface area is 118 Å². The molecule has 0 aliphatic heterocycles. The van der Waals surface area contributed by atoms with Crippen LogP contribution in [-0.2, 0) is 12.8 Å². The van der Waals surface area contributed by atoms with Gasteiger partial charge < -0.3 is 9.84 Å². The molecule has 0 fully saturated rings. The maximum Gasteiger partial charge on any atom is 0.122 e. The number of aliphatic hydroxyl groups excluding tert-OH is 1. The van der Waals surface area contributed by atoms with Crippen molar-refractivity contribution >= 4 is 11.6 Å². The zero-order chi connectivity index (χ0) is 13.7. The van der Waals surface area contributed by atoms with Gasteiger partial charge in [-0.2, -0.15) is 0 Å². The fourth-order valence-corrected chi connectivity index (χ4v) is 2.22. The van der Waals surface area contributed by atoms with E-state index >= 15 is 0 Å². The maximum absolute atomic E-state index is 10.2. The first-order valence-corrected chi connectivity index (χ1v) is 6.61. The summed E-state index contributed by atoms with van der Waals surface area (Å²) in [4.78, 5) is 0. The molecule has 0 bridgehead atoms. The van der Waals surface area contributed by atoms with Crippen LogP contribution in [0.25, 0.3) is 0 Å². The van der Waals surface area contributed by atoms with Crippen LogP contribution in [0.3, 0.4) is 0 Å².